The molecule has 20 heavy (non-hydrogen) atoms. The van der Waals surface area contributed by atoms with Gasteiger partial charge in [-0.3, -0.25) is 0 Å². The molecule has 0 unspecified atom stereocenters. The van der Waals surface area contributed by atoms with E-state index in [9.17, 15) is 14.4 Å². The van der Waals surface area contributed by atoms with Crippen LogP contribution in [0.4, 0.5) is 0 Å². The number of rotatable bonds is 3. The number of nitrogens with one attached hydrogen (secondary N) is 1. The Morgan fingerprint density at radius 3 is 1.45 bits per heavy atom. The molecule has 1 aromatic heterocycles. The van der Waals surface area contributed by atoms with Gasteiger partial charge in [-0.2, -0.15) is 0 Å². The molecule has 0 aliphatic rings. The maximum absolute atomic E-state index is 9.54. The van der Waals surface area contributed by atoms with E-state index in [0.29, 0.717) is 15.6 Å². The second-order valence-electron chi connectivity index (χ2n) is 3.82. The smallest absolute Gasteiger partial charge is 0.0464 e. The summed E-state index contributed by atoms with van der Waals surface area (Å²) in [7, 11) is 0. The molecule has 103 valence electrons. The van der Waals surface area contributed by atoms with E-state index in [2.05, 4.69) is 53.5 Å². The van der Waals surface area contributed by atoms with Crippen molar-refractivity contribution in [3.63, 3.8) is 0 Å². The number of H-pyrrole nitrogens is 1. The number of carbonyl (C=O) groups excluding carboxylic acids is 3. The van der Waals surface area contributed by atoms with Gasteiger partial charge in [-0.25, -0.2) is 0 Å². The summed E-state index contributed by atoms with van der Waals surface area (Å²) in [6.45, 7) is 0. The predicted octanol–water partition coefficient (Wildman–Crippen LogP) is 2.50. The van der Waals surface area contributed by atoms with Gasteiger partial charge >= 0.3 is 43.8 Å². The van der Waals surface area contributed by atoms with Crippen molar-refractivity contribution in [2.24, 2.45) is 0 Å². The Balaban J connectivity index is 0.000000182. The van der Waals surface area contributed by atoms with Gasteiger partial charge in [-0.1, -0.05) is 36.4 Å². The van der Waals surface area contributed by atoms with Crippen LogP contribution in [0.25, 0.3) is 21.8 Å². The number of aromatic nitrogens is 1. The molecule has 0 radical (unpaired) electrons. The van der Waals surface area contributed by atoms with Gasteiger partial charge in [0.25, 0.3) is 0 Å². The largest absolute Gasteiger partial charge is 0.355 e. The number of hydrogen-bond donors (Lipinski definition) is 1. The Bertz CT molecular complexity index is 682. The number of fused-ring (bicyclic) bond motifs is 3. The minimum atomic E-state index is -1.75. The van der Waals surface area contributed by atoms with Crippen molar-refractivity contribution >= 4 is 37.4 Å². The van der Waals surface area contributed by atoms with Gasteiger partial charge in [-0.15, -0.1) is 0 Å². The number of aromatic amines is 1. The molecule has 0 fully saturated rings. The van der Waals surface area contributed by atoms with Gasteiger partial charge in [0, 0.05) is 21.8 Å². The zero-order valence-electron chi connectivity index (χ0n) is 10.4. The van der Waals surface area contributed by atoms with Gasteiger partial charge in [0.05, 0.1) is 0 Å². The standard InChI is InChI=1S/C12H9N.3CHO.Fe/c1-3-7-11-9(5-1)10-6-2-4-8-12(10)13-11;3*1-2;/h1-8,13H;3*1H;. The van der Waals surface area contributed by atoms with Crippen molar-refractivity contribution in [3.05, 3.63) is 48.5 Å². The minimum Gasteiger partial charge on any atom is -0.355 e. The number of carbonyl (C=O) groups is 3. The van der Waals surface area contributed by atoms with E-state index in [-0.39, 0.29) is 0 Å². The fourth-order valence-electron chi connectivity index (χ4n) is 1.86. The molecule has 0 aliphatic carbocycles. The van der Waals surface area contributed by atoms with Gasteiger partial charge < -0.3 is 4.98 Å². The molecular weight excluding hydrogens is 298 g/mol. The molecule has 0 spiro atoms. The van der Waals surface area contributed by atoms with Gasteiger partial charge in [0.15, 0.2) is 0 Å². The van der Waals surface area contributed by atoms with E-state index in [1.54, 1.807) is 0 Å². The maximum atomic E-state index is 9.54. The maximum Gasteiger partial charge on any atom is 0.0464 e. The zero-order valence-corrected chi connectivity index (χ0v) is 11.5. The topological polar surface area (TPSA) is 67.0 Å². The van der Waals surface area contributed by atoms with Crippen molar-refractivity contribution in [1.82, 2.24) is 4.98 Å². The van der Waals surface area contributed by atoms with Crippen LogP contribution in [0.3, 0.4) is 0 Å². The second kappa shape index (κ2) is 6.80. The van der Waals surface area contributed by atoms with Crippen LogP contribution in [0, 0.1) is 0 Å². The molecule has 0 saturated heterocycles. The minimum absolute atomic E-state index is 0.375. The van der Waals surface area contributed by atoms with Gasteiger partial charge in [0.1, 0.15) is 0 Å². The third-order valence-electron chi connectivity index (χ3n) is 2.70. The first kappa shape index (κ1) is 14.2. The van der Waals surface area contributed by atoms with E-state index in [1.165, 1.54) is 21.8 Å². The summed E-state index contributed by atoms with van der Waals surface area (Å²) in [5.74, 6) is 0. The second-order valence-corrected chi connectivity index (χ2v) is 5.70. The van der Waals surface area contributed by atoms with Crippen LogP contribution in [0.5, 0.6) is 0 Å². The summed E-state index contributed by atoms with van der Waals surface area (Å²) in [5.41, 5.74) is 2.42. The normalized spacial score (nSPS) is 10.5. The first-order valence-electron chi connectivity index (χ1n) is 5.72. The average Bonchev–Trinajstić information content (AvgIpc) is 2.88. The van der Waals surface area contributed by atoms with Crippen LogP contribution in [0.1, 0.15) is 0 Å². The quantitative estimate of drug-likeness (QED) is 0.597. The van der Waals surface area contributed by atoms with Crippen LogP contribution in [0.15, 0.2) is 48.5 Å². The van der Waals surface area contributed by atoms with Crippen molar-refractivity contribution in [1.29, 1.82) is 0 Å². The first-order valence-corrected chi connectivity index (χ1v) is 7.64. The SMILES string of the molecule is O=[CH][Fe]([CH]=O)[CH]=O.c1ccc2c(c1)[nH]c1ccccc12. The fraction of sp³-hybridized carbons (Fsp3) is 0. The van der Waals surface area contributed by atoms with E-state index in [4.69, 9.17) is 0 Å². The molecule has 5 heteroatoms. The van der Waals surface area contributed by atoms with E-state index < -0.39 is 13.9 Å². The summed E-state index contributed by atoms with van der Waals surface area (Å²) in [4.78, 5) is 32.0. The predicted molar refractivity (Wildman–Crippen MR) is 76.1 cm³/mol. The molecule has 3 aromatic rings. The fourth-order valence-corrected chi connectivity index (χ4v) is 2.04. The summed E-state index contributed by atoms with van der Waals surface area (Å²) >= 11 is -1.75. The number of hydrogen-bond acceptors (Lipinski definition) is 3. The number of para-hydroxylation sites is 2. The van der Waals surface area contributed by atoms with Crippen molar-refractivity contribution in [3.8, 4) is 0 Å². The van der Waals surface area contributed by atoms with Crippen LogP contribution >= 0.6 is 0 Å². The molecular formula is C15H12FeNO3. The van der Waals surface area contributed by atoms with Crippen LogP contribution in [-0.4, -0.2) is 20.5 Å². The Kier molecular flexibility index (Phi) is 4.82. The number of benzene rings is 2. The van der Waals surface area contributed by atoms with Crippen LogP contribution < -0.4 is 0 Å². The summed E-state index contributed by atoms with van der Waals surface area (Å²) in [5, 5.41) is 3.73. The van der Waals surface area contributed by atoms with Crippen molar-refractivity contribution < 1.29 is 28.3 Å². The zero-order chi connectivity index (χ0) is 14.4. The average molecular weight is 310 g/mol. The monoisotopic (exact) mass is 310 g/mol. The first-order chi connectivity index (χ1) is 9.80. The van der Waals surface area contributed by atoms with E-state index in [1.807, 2.05) is 0 Å². The molecule has 1 N–H and O–H groups in total. The molecule has 3 rings (SSSR count). The van der Waals surface area contributed by atoms with Crippen molar-refractivity contribution in [2.45, 2.75) is 0 Å². The summed E-state index contributed by atoms with van der Waals surface area (Å²) in [6, 6.07) is 16.8. The molecule has 0 aliphatic heterocycles. The Labute approximate surface area is 119 Å². The molecule has 0 amide bonds. The van der Waals surface area contributed by atoms with E-state index in [0.717, 1.165) is 0 Å². The third-order valence-corrected chi connectivity index (χ3v) is 3.60. The third kappa shape index (κ3) is 3.02. The van der Waals surface area contributed by atoms with Crippen LogP contribution in [-0.2, 0) is 28.3 Å². The van der Waals surface area contributed by atoms with Gasteiger partial charge in [-0.05, 0) is 12.1 Å². The Morgan fingerprint density at radius 2 is 1.10 bits per heavy atom. The molecule has 0 saturated carbocycles. The van der Waals surface area contributed by atoms with Crippen molar-refractivity contribution in [2.75, 3.05) is 0 Å². The molecule has 0 atom stereocenters. The molecule has 1 heterocycles. The molecule has 4 nitrogen and oxygen atoms in total. The molecule has 2 aromatic carbocycles. The van der Waals surface area contributed by atoms with Crippen LogP contribution in [0.2, 0.25) is 0 Å². The van der Waals surface area contributed by atoms with Gasteiger partial charge in [0.2, 0.25) is 0 Å². The summed E-state index contributed by atoms with van der Waals surface area (Å²) in [6.07, 6.45) is 0. The summed E-state index contributed by atoms with van der Waals surface area (Å²) < 4.78 is 0. The van der Waals surface area contributed by atoms with E-state index >= 15 is 0 Å². The Morgan fingerprint density at radius 1 is 0.700 bits per heavy atom. The Hall–Kier alpha value is -2.23. The molecule has 0 bridgehead atoms.